The van der Waals surface area contributed by atoms with Crippen LogP contribution in [0.2, 0.25) is 0 Å². The average molecular weight is 379 g/mol. The van der Waals surface area contributed by atoms with Crippen molar-refractivity contribution in [3.63, 3.8) is 0 Å². The Morgan fingerprint density at radius 1 is 1.25 bits per heavy atom. The number of benzene rings is 1. The van der Waals surface area contributed by atoms with Crippen LogP contribution in [0.3, 0.4) is 0 Å². The molecule has 1 saturated heterocycles. The quantitative estimate of drug-likeness (QED) is 0.780. The van der Waals surface area contributed by atoms with Gasteiger partial charge in [0.1, 0.15) is 11.8 Å². The molecule has 1 aliphatic rings. The number of carboxylic acids is 1. The van der Waals surface area contributed by atoms with Crippen LogP contribution < -0.4 is 5.63 Å². The summed E-state index contributed by atoms with van der Waals surface area (Å²) >= 11 is 0. The zero-order valence-corrected chi connectivity index (χ0v) is 16.3. The van der Waals surface area contributed by atoms with E-state index in [4.69, 9.17) is 4.42 Å². The molecule has 3 rings (SSSR count). The van der Waals surface area contributed by atoms with Crippen LogP contribution in [0.15, 0.2) is 57.9 Å². The predicted molar refractivity (Wildman–Crippen MR) is 110 cm³/mol. The summed E-state index contributed by atoms with van der Waals surface area (Å²) in [4.78, 5) is 25.4. The first-order chi connectivity index (χ1) is 13.4. The van der Waals surface area contributed by atoms with Crippen molar-refractivity contribution in [3.05, 3.63) is 76.0 Å². The van der Waals surface area contributed by atoms with E-state index in [-0.39, 0.29) is 0 Å². The van der Waals surface area contributed by atoms with Crippen molar-refractivity contribution >= 4 is 12.0 Å². The lowest BCUT2D eigenvalue weighted by molar-refractivity contribution is -0.143. The van der Waals surface area contributed by atoms with Crippen LogP contribution >= 0.6 is 0 Å². The number of aryl methyl sites for hydroxylation is 2. The van der Waals surface area contributed by atoms with Crippen LogP contribution in [0.1, 0.15) is 36.1 Å². The number of aliphatic carboxylic acids is 1. The minimum Gasteiger partial charge on any atom is -0.480 e. The third-order valence-electron chi connectivity index (χ3n) is 5.22. The smallest absolute Gasteiger partial charge is 0.336 e. The summed E-state index contributed by atoms with van der Waals surface area (Å²) in [6.45, 7) is 8.50. The van der Waals surface area contributed by atoms with E-state index in [0.29, 0.717) is 24.4 Å². The van der Waals surface area contributed by atoms with Gasteiger partial charge in [0.05, 0.1) is 0 Å². The lowest BCUT2D eigenvalue weighted by Crippen LogP contribution is -2.43. The van der Waals surface area contributed by atoms with Crippen LogP contribution in [0, 0.1) is 13.8 Å². The van der Waals surface area contributed by atoms with Crippen LogP contribution in [0.25, 0.3) is 17.2 Å². The summed E-state index contributed by atoms with van der Waals surface area (Å²) in [7, 11) is 0. The Morgan fingerprint density at radius 2 is 2.00 bits per heavy atom. The summed E-state index contributed by atoms with van der Waals surface area (Å²) in [5.74, 6) is -0.306. The Hall–Kier alpha value is -3.08. The summed E-state index contributed by atoms with van der Waals surface area (Å²) < 4.78 is 5.30. The highest BCUT2D eigenvalue weighted by molar-refractivity contribution is 5.78. The molecule has 0 amide bonds. The molecule has 0 bridgehead atoms. The second-order valence-electron chi connectivity index (χ2n) is 7.13. The van der Waals surface area contributed by atoms with E-state index in [2.05, 4.69) is 6.58 Å². The van der Waals surface area contributed by atoms with Crippen LogP contribution in [-0.4, -0.2) is 28.6 Å². The maximum Gasteiger partial charge on any atom is 0.336 e. The third kappa shape index (κ3) is 4.09. The summed E-state index contributed by atoms with van der Waals surface area (Å²) in [6.07, 6.45) is 6.15. The van der Waals surface area contributed by atoms with Crippen molar-refractivity contribution in [3.8, 4) is 11.1 Å². The number of hydrogen-bond acceptors (Lipinski definition) is 4. The average Bonchev–Trinajstić information content (AvgIpc) is 2.67. The molecule has 2 heterocycles. The zero-order valence-electron chi connectivity index (χ0n) is 16.3. The first kappa shape index (κ1) is 19.7. The monoisotopic (exact) mass is 379 g/mol. The topological polar surface area (TPSA) is 70.8 Å². The van der Waals surface area contributed by atoms with Gasteiger partial charge in [0, 0.05) is 23.9 Å². The molecule has 2 aromatic rings. The van der Waals surface area contributed by atoms with Gasteiger partial charge in [-0.25, -0.2) is 9.59 Å². The second kappa shape index (κ2) is 8.30. The zero-order chi connectivity index (χ0) is 20.3. The van der Waals surface area contributed by atoms with E-state index < -0.39 is 17.6 Å². The molecule has 0 saturated carbocycles. The summed E-state index contributed by atoms with van der Waals surface area (Å²) in [6, 6.07) is 8.81. The summed E-state index contributed by atoms with van der Waals surface area (Å²) in [5.41, 5.74) is 3.86. The first-order valence-corrected chi connectivity index (χ1v) is 9.45. The number of likely N-dealkylation sites (tertiary alicyclic amines) is 1. The fourth-order valence-corrected chi connectivity index (χ4v) is 3.73. The molecule has 0 aliphatic carbocycles. The minimum atomic E-state index is -0.822. The summed E-state index contributed by atoms with van der Waals surface area (Å²) in [5, 5.41) is 9.48. The predicted octanol–water partition coefficient (Wildman–Crippen LogP) is 4.39. The molecule has 0 radical (unpaired) electrons. The van der Waals surface area contributed by atoms with Gasteiger partial charge >= 0.3 is 11.6 Å². The number of nitrogens with zero attached hydrogens (tertiary/aromatic N) is 1. The Balaban J connectivity index is 1.98. The number of piperidine rings is 1. The molecular weight excluding hydrogens is 354 g/mol. The van der Waals surface area contributed by atoms with Gasteiger partial charge in [-0.15, -0.1) is 0 Å². The highest BCUT2D eigenvalue weighted by Gasteiger charge is 2.28. The van der Waals surface area contributed by atoms with E-state index >= 15 is 0 Å². The van der Waals surface area contributed by atoms with Gasteiger partial charge < -0.3 is 14.4 Å². The van der Waals surface area contributed by atoms with Crippen molar-refractivity contribution < 1.29 is 14.3 Å². The second-order valence-corrected chi connectivity index (χ2v) is 7.13. The van der Waals surface area contributed by atoms with Crippen LogP contribution in [-0.2, 0) is 4.79 Å². The number of carbonyl (C=O) groups is 1. The Kier molecular flexibility index (Phi) is 5.83. The van der Waals surface area contributed by atoms with Gasteiger partial charge in [0.2, 0.25) is 0 Å². The Morgan fingerprint density at radius 3 is 2.71 bits per heavy atom. The number of hydrogen-bond donors (Lipinski definition) is 1. The largest absolute Gasteiger partial charge is 0.480 e. The normalized spacial score (nSPS) is 17.1. The van der Waals surface area contributed by atoms with Crippen molar-refractivity contribution in [1.82, 2.24) is 4.90 Å². The molecule has 1 aromatic carbocycles. The van der Waals surface area contributed by atoms with Gasteiger partial charge in [0.15, 0.2) is 0 Å². The fraction of sp³-hybridized carbons (Fsp3) is 0.304. The molecule has 28 heavy (non-hydrogen) atoms. The van der Waals surface area contributed by atoms with E-state index in [1.807, 2.05) is 48.2 Å². The number of allylic oxidation sites excluding steroid dienone is 1. The van der Waals surface area contributed by atoms with Crippen LogP contribution in [0.5, 0.6) is 0 Å². The third-order valence-corrected chi connectivity index (χ3v) is 5.22. The lowest BCUT2D eigenvalue weighted by Gasteiger charge is -2.35. The van der Waals surface area contributed by atoms with Crippen LogP contribution in [0.4, 0.5) is 0 Å². The van der Waals surface area contributed by atoms with Gasteiger partial charge in [-0.05, 0) is 62.0 Å². The molecular formula is C23H25NO4. The maximum atomic E-state index is 12.0. The number of carboxylic acid groups (broad SMARTS) is 1. The first-order valence-electron chi connectivity index (χ1n) is 9.45. The molecule has 1 N–H and O–H groups in total. The van der Waals surface area contributed by atoms with Crippen molar-refractivity contribution in [2.75, 3.05) is 6.54 Å². The fourth-order valence-electron chi connectivity index (χ4n) is 3.73. The van der Waals surface area contributed by atoms with E-state index in [1.54, 1.807) is 6.92 Å². The van der Waals surface area contributed by atoms with Crippen molar-refractivity contribution in [2.45, 2.75) is 39.2 Å². The molecule has 146 valence electrons. The molecule has 1 unspecified atom stereocenters. The van der Waals surface area contributed by atoms with Gasteiger partial charge in [-0.2, -0.15) is 0 Å². The Bertz CT molecular complexity index is 986. The minimum absolute atomic E-state index is 0.395. The van der Waals surface area contributed by atoms with Gasteiger partial charge in [-0.1, -0.05) is 30.8 Å². The molecule has 1 fully saturated rings. The molecule has 1 aromatic heterocycles. The standard InChI is InChI=1S/C23H25NO4/c1-15-8-4-5-9-18(15)20-14-22(25)28-17(3)19(20)12-11-16(2)24-13-7-6-10-21(24)23(26)27/h4-5,8-9,11-12,14,21H,2,6-7,10,13H2,1,3H3,(H,26,27)/b12-11-. The molecule has 5 nitrogen and oxygen atoms in total. The van der Waals surface area contributed by atoms with Gasteiger partial charge in [0.25, 0.3) is 0 Å². The van der Waals surface area contributed by atoms with Crippen molar-refractivity contribution in [2.24, 2.45) is 0 Å². The maximum absolute atomic E-state index is 12.0. The van der Waals surface area contributed by atoms with Gasteiger partial charge in [-0.3, -0.25) is 0 Å². The number of rotatable bonds is 5. The van der Waals surface area contributed by atoms with E-state index in [0.717, 1.165) is 35.1 Å². The van der Waals surface area contributed by atoms with E-state index in [1.165, 1.54) is 6.07 Å². The van der Waals surface area contributed by atoms with E-state index in [9.17, 15) is 14.7 Å². The highest BCUT2D eigenvalue weighted by Crippen LogP contribution is 2.29. The SMILES string of the molecule is C=C(/C=C\c1c(-c2ccccc2C)cc(=O)oc1C)N1CCCCC1C(=O)O. The lowest BCUT2D eigenvalue weighted by atomic mass is 9.96. The molecule has 1 atom stereocenters. The highest BCUT2D eigenvalue weighted by atomic mass is 16.4. The van der Waals surface area contributed by atoms with Crippen molar-refractivity contribution in [1.29, 1.82) is 0 Å². The molecule has 1 aliphatic heterocycles. The molecule has 0 spiro atoms. The Labute approximate surface area is 164 Å². The molecule has 5 heteroatoms.